The van der Waals surface area contributed by atoms with Gasteiger partial charge in [0.25, 0.3) is 12.1 Å². The molecule has 1 aromatic rings. The third-order valence-electron chi connectivity index (χ3n) is 3.47. The van der Waals surface area contributed by atoms with Gasteiger partial charge >= 0.3 is 5.97 Å². The number of benzene rings is 1. The average Bonchev–Trinajstić information content (AvgIpc) is 2.32. The summed E-state index contributed by atoms with van der Waals surface area (Å²) in [5.74, 6) is -1.11. The summed E-state index contributed by atoms with van der Waals surface area (Å²) in [5, 5.41) is 22.4. The summed E-state index contributed by atoms with van der Waals surface area (Å²) in [6.07, 6.45) is -1.57. The van der Waals surface area contributed by atoms with Crippen molar-refractivity contribution in [1.82, 2.24) is 0 Å². The number of anilines is 1. The minimum Gasteiger partial charge on any atom is -0.480 e. The van der Waals surface area contributed by atoms with Crippen molar-refractivity contribution in [2.45, 2.75) is 31.2 Å². The Morgan fingerprint density at radius 1 is 1.45 bits per heavy atom. The van der Waals surface area contributed by atoms with E-state index in [1.54, 1.807) is 0 Å². The van der Waals surface area contributed by atoms with Gasteiger partial charge in [-0.1, -0.05) is 0 Å². The highest BCUT2D eigenvalue weighted by molar-refractivity contribution is 5.84. The van der Waals surface area contributed by atoms with Gasteiger partial charge in [0, 0.05) is 23.4 Å². The van der Waals surface area contributed by atoms with Crippen LogP contribution in [0.3, 0.4) is 0 Å². The van der Waals surface area contributed by atoms with E-state index in [9.17, 15) is 23.7 Å². The Morgan fingerprint density at radius 2 is 2.10 bits per heavy atom. The molecule has 0 radical (unpaired) electrons. The summed E-state index contributed by atoms with van der Waals surface area (Å²) in [6, 6.07) is 2.96. The van der Waals surface area contributed by atoms with Gasteiger partial charge in [0.2, 0.25) is 0 Å². The van der Waals surface area contributed by atoms with Crippen molar-refractivity contribution in [3.63, 3.8) is 0 Å². The summed E-state index contributed by atoms with van der Waals surface area (Å²) in [6.45, 7) is 0. The molecule has 0 aliphatic heterocycles. The second kappa shape index (κ2) is 5.03. The molecule has 1 fully saturated rings. The molecule has 0 unspecified atom stereocenters. The van der Waals surface area contributed by atoms with Crippen LogP contribution in [0.1, 0.15) is 31.3 Å². The first-order valence-corrected chi connectivity index (χ1v) is 5.94. The monoisotopic (exact) mass is 286 g/mol. The Morgan fingerprint density at radius 3 is 2.50 bits per heavy atom. The zero-order valence-corrected chi connectivity index (χ0v) is 10.3. The molecular weight excluding hydrogens is 274 g/mol. The maximum atomic E-state index is 13.0. The van der Waals surface area contributed by atoms with E-state index in [-0.39, 0.29) is 5.69 Å². The van der Waals surface area contributed by atoms with Gasteiger partial charge in [0.05, 0.1) is 4.92 Å². The number of non-ortho nitro benzene ring substituents is 1. The van der Waals surface area contributed by atoms with Crippen molar-refractivity contribution < 1.29 is 23.6 Å². The lowest BCUT2D eigenvalue weighted by molar-refractivity contribution is -0.385. The molecular formula is C12H12F2N2O4. The molecule has 1 aromatic carbocycles. The second-order valence-corrected chi connectivity index (χ2v) is 4.70. The summed E-state index contributed by atoms with van der Waals surface area (Å²) < 4.78 is 25.9. The first kappa shape index (κ1) is 14.2. The average molecular weight is 286 g/mol. The minimum atomic E-state index is -2.93. The third kappa shape index (κ3) is 2.40. The fourth-order valence-electron chi connectivity index (χ4n) is 2.14. The van der Waals surface area contributed by atoms with E-state index >= 15 is 0 Å². The number of nitrogens with zero attached hydrogens (tertiary/aromatic N) is 1. The summed E-state index contributed by atoms with van der Waals surface area (Å²) >= 11 is 0. The number of halogens is 2. The number of carboxylic acid groups (broad SMARTS) is 1. The van der Waals surface area contributed by atoms with Crippen molar-refractivity contribution in [1.29, 1.82) is 0 Å². The number of carbonyl (C=O) groups is 1. The van der Waals surface area contributed by atoms with E-state index in [1.807, 2.05) is 0 Å². The molecule has 0 amide bonds. The van der Waals surface area contributed by atoms with Crippen molar-refractivity contribution in [2.24, 2.45) is 0 Å². The van der Waals surface area contributed by atoms with Gasteiger partial charge in [-0.15, -0.1) is 0 Å². The van der Waals surface area contributed by atoms with E-state index in [1.165, 1.54) is 0 Å². The lowest BCUT2D eigenvalue weighted by Gasteiger charge is -2.39. The first-order valence-electron chi connectivity index (χ1n) is 5.94. The highest BCUT2D eigenvalue weighted by Gasteiger charge is 2.45. The van der Waals surface area contributed by atoms with Gasteiger partial charge < -0.3 is 10.4 Å². The maximum Gasteiger partial charge on any atom is 0.329 e. The fourth-order valence-corrected chi connectivity index (χ4v) is 2.14. The van der Waals surface area contributed by atoms with Crippen molar-refractivity contribution in [3.05, 3.63) is 33.9 Å². The molecule has 1 aliphatic carbocycles. The molecule has 0 bridgehead atoms. The normalized spacial score (nSPS) is 16.6. The SMILES string of the molecule is O=C(O)C1(Nc2ccc([N+](=O)[O-])cc2C(F)F)CCC1. The molecule has 0 spiro atoms. The number of carboxylic acids is 1. The molecule has 20 heavy (non-hydrogen) atoms. The highest BCUT2D eigenvalue weighted by Crippen LogP contribution is 2.39. The van der Waals surface area contributed by atoms with Crippen molar-refractivity contribution in [2.75, 3.05) is 5.32 Å². The van der Waals surface area contributed by atoms with E-state index < -0.39 is 34.1 Å². The molecule has 0 atom stereocenters. The standard InChI is InChI=1S/C12H12F2N2O4/c13-10(14)8-6-7(16(19)20)2-3-9(8)15-12(11(17)18)4-1-5-12/h2-3,6,10,15H,1,4-5H2,(H,17,18). The number of alkyl halides is 2. The van der Waals surface area contributed by atoms with Crippen LogP contribution in [-0.2, 0) is 4.79 Å². The molecule has 0 saturated heterocycles. The van der Waals surface area contributed by atoms with E-state index in [2.05, 4.69) is 5.32 Å². The van der Waals surface area contributed by atoms with Crippen molar-refractivity contribution >= 4 is 17.3 Å². The first-order chi connectivity index (χ1) is 9.35. The minimum absolute atomic E-state index is 0.0762. The van der Waals surface area contributed by atoms with Crippen LogP contribution in [0, 0.1) is 10.1 Å². The van der Waals surface area contributed by atoms with Crippen LogP contribution in [0.4, 0.5) is 20.2 Å². The van der Waals surface area contributed by atoms with Crippen LogP contribution >= 0.6 is 0 Å². The number of hydrogen-bond donors (Lipinski definition) is 2. The molecule has 1 saturated carbocycles. The van der Waals surface area contributed by atoms with Crippen LogP contribution in [0.25, 0.3) is 0 Å². The second-order valence-electron chi connectivity index (χ2n) is 4.70. The predicted octanol–water partition coefficient (Wildman–Crippen LogP) is 2.95. The third-order valence-corrected chi connectivity index (χ3v) is 3.47. The van der Waals surface area contributed by atoms with Gasteiger partial charge in [-0.3, -0.25) is 10.1 Å². The van der Waals surface area contributed by atoms with Gasteiger partial charge in [-0.05, 0) is 25.3 Å². The molecule has 1 aliphatic rings. The van der Waals surface area contributed by atoms with Gasteiger partial charge in [-0.2, -0.15) is 0 Å². The maximum absolute atomic E-state index is 13.0. The van der Waals surface area contributed by atoms with Gasteiger partial charge in [0.15, 0.2) is 0 Å². The largest absolute Gasteiger partial charge is 0.480 e. The quantitative estimate of drug-likeness (QED) is 0.641. The van der Waals surface area contributed by atoms with Crippen LogP contribution in [0.15, 0.2) is 18.2 Å². The Hall–Kier alpha value is -2.25. The molecule has 8 heteroatoms. The van der Waals surface area contributed by atoms with E-state index in [4.69, 9.17) is 5.11 Å². The molecule has 108 valence electrons. The Kier molecular flexibility index (Phi) is 3.56. The topological polar surface area (TPSA) is 92.5 Å². The predicted molar refractivity (Wildman–Crippen MR) is 65.9 cm³/mol. The lowest BCUT2D eigenvalue weighted by atomic mass is 9.76. The van der Waals surface area contributed by atoms with Crippen molar-refractivity contribution in [3.8, 4) is 0 Å². The molecule has 6 nitrogen and oxygen atoms in total. The number of aliphatic carboxylic acids is 1. The smallest absolute Gasteiger partial charge is 0.329 e. The zero-order chi connectivity index (χ0) is 14.9. The number of nitro groups is 1. The zero-order valence-electron chi connectivity index (χ0n) is 10.3. The van der Waals surface area contributed by atoms with Crippen LogP contribution in [-0.4, -0.2) is 21.5 Å². The number of hydrogen-bond acceptors (Lipinski definition) is 4. The summed E-state index contributed by atoms with van der Waals surface area (Å²) in [7, 11) is 0. The molecule has 2 N–H and O–H groups in total. The van der Waals surface area contributed by atoms with Gasteiger partial charge in [0.1, 0.15) is 5.54 Å². The molecule has 0 aromatic heterocycles. The number of nitro benzene ring substituents is 1. The lowest BCUT2D eigenvalue weighted by Crippen LogP contribution is -2.52. The summed E-state index contributed by atoms with van der Waals surface area (Å²) in [4.78, 5) is 21.0. The molecule has 2 rings (SSSR count). The van der Waals surface area contributed by atoms with Crippen LogP contribution < -0.4 is 5.32 Å². The Balaban J connectivity index is 2.36. The van der Waals surface area contributed by atoms with Gasteiger partial charge in [-0.25, -0.2) is 13.6 Å². The Bertz CT molecular complexity index is 558. The van der Waals surface area contributed by atoms with E-state index in [0.29, 0.717) is 19.3 Å². The highest BCUT2D eigenvalue weighted by atomic mass is 19.3. The van der Waals surface area contributed by atoms with E-state index in [0.717, 1.165) is 18.2 Å². The summed E-state index contributed by atoms with van der Waals surface area (Å²) in [5.41, 5.74) is -2.34. The fraction of sp³-hybridized carbons (Fsp3) is 0.417. The number of rotatable bonds is 5. The van der Waals surface area contributed by atoms with Crippen LogP contribution in [0.2, 0.25) is 0 Å². The number of nitrogens with one attached hydrogen (secondary N) is 1. The Labute approximate surface area is 112 Å². The molecule has 0 heterocycles. The van der Waals surface area contributed by atoms with Crippen LogP contribution in [0.5, 0.6) is 0 Å².